The lowest BCUT2D eigenvalue weighted by atomic mass is 10.1. The van der Waals surface area contributed by atoms with Gasteiger partial charge in [0.2, 0.25) is 0 Å². The largest absolute Gasteiger partial charge is 0.493 e. The fraction of sp³-hybridized carbons (Fsp3) is 0.100. The maximum absolute atomic E-state index is 12.5. The van der Waals surface area contributed by atoms with E-state index in [2.05, 4.69) is 27.2 Å². The minimum absolute atomic E-state index is 0.0659. The lowest BCUT2D eigenvalue weighted by Gasteiger charge is -2.12. The molecule has 0 aliphatic carbocycles. The number of methoxy groups -OCH3 is 1. The highest BCUT2D eigenvalue weighted by molar-refractivity contribution is 9.10. The number of hydrogen-bond acceptors (Lipinski definition) is 4. The van der Waals surface area contributed by atoms with Gasteiger partial charge in [-0.2, -0.15) is 5.26 Å². The maximum Gasteiger partial charge on any atom is 0.266 e. The number of ether oxygens (including phenoxy) is 2. The fourth-order valence-corrected chi connectivity index (χ4v) is 3.10. The number of carbonyl (C=O) groups is 1. The Bertz CT molecular complexity index is 1020. The Morgan fingerprint density at radius 2 is 2.14 bits per heavy atom. The molecule has 0 bridgehead atoms. The van der Waals surface area contributed by atoms with E-state index in [1.54, 1.807) is 30.3 Å². The molecule has 0 heterocycles. The summed E-state index contributed by atoms with van der Waals surface area (Å²) in [5.74, 6) is 2.56. The van der Waals surface area contributed by atoms with Gasteiger partial charge in [0, 0.05) is 0 Å². The van der Waals surface area contributed by atoms with Crippen molar-refractivity contribution in [2.45, 2.75) is 0 Å². The number of nitriles is 1. The van der Waals surface area contributed by atoms with Gasteiger partial charge < -0.3 is 14.8 Å². The van der Waals surface area contributed by atoms with E-state index < -0.39 is 5.91 Å². The Hall–Kier alpha value is -2.64. The van der Waals surface area contributed by atoms with Crippen molar-refractivity contribution in [3.63, 3.8) is 0 Å². The molecule has 0 radical (unpaired) electrons. The summed E-state index contributed by atoms with van der Waals surface area (Å²) in [6.45, 7) is 0.0659. The second-order valence-corrected chi connectivity index (χ2v) is 6.89. The Morgan fingerprint density at radius 3 is 2.79 bits per heavy atom. The van der Waals surface area contributed by atoms with Crippen LogP contribution in [0.1, 0.15) is 5.56 Å². The molecule has 1 N–H and O–H groups in total. The van der Waals surface area contributed by atoms with Crippen LogP contribution in [0.2, 0.25) is 10.0 Å². The third kappa shape index (κ3) is 5.21. The van der Waals surface area contributed by atoms with E-state index in [1.165, 1.54) is 13.2 Å². The average molecular weight is 480 g/mol. The molecule has 2 aromatic rings. The molecule has 0 aliphatic heterocycles. The summed E-state index contributed by atoms with van der Waals surface area (Å²) in [4.78, 5) is 12.5. The van der Waals surface area contributed by atoms with E-state index in [1.807, 2.05) is 6.07 Å². The molecule has 0 saturated carbocycles. The van der Waals surface area contributed by atoms with Crippen molar-refractivity contribution in [2.24, 2.45) is 0 Å². The zero-order valence-electron chi connectivity index (χ0n) is 14.6. The van der Waals surface area contributed by atoms with Crippen LogP contribution in [0, 0.1) is 23.7 Å². The first kappa shape index (κ1) is 21.7. The molecule has 8 heteroatoms. The second-order valence-electron chi connectivity index (χ2n) is 5.25. The quantitative estimate of drug-likeness (QED) is 0.345. The van der Waals surface area contributed by atoms with Crippen molar-refractivity contribution >= 4 is 56.8 Å². The number of benzene rings is 2. The van der Waals surface area contributed by atoms with Gasteiger partial charge in [-0.25, -0.2) is 0 Å². The smallest absolute Gasteiger partial charge is 0.266 e. The molecule has 5 nitrogen and oxygen atoms in total. The summed E-state index contributed by atoms with van der Waals surface area (Å²) in [6.07, 6.45) is 6.62. The third-order valence-electron chi connectivity index (χ3n) is 3.43. The van der Waals surface area contributed by atoms with Gasteiger partial charge in [0.05, 0.1) is 27.3 Å². The summed E-state index contributed by atoms with van der Waals surface area (Å²) in [7, 11) is 1.47. The molecule has 2 aromatic carbocycles. The Labute approximate surface area is 181 Å². The highest BCUT2D eigenvalue weighted by Gasteiger charge is 2.15. The van der Waals surface area contributed by atoms with Crippen LogP contribution in [0.25, 0.3) is 6.08 Å². The van der Waals surface area contributed by atoms with E-state index in [9.17, 15) is 10.1 Å². The standard InChI is InChI=1S/C20H13BrCl2N2O3/c1-3-7-28-19-14(21)9-12(10-17(19)27-2)8-13(11-24)20(26)25-16-6-4-5-15(22)18(16)23/h1,4-6,8-10H,7H2,2H3,(H,25,26)/b13-8-. The van der Waals surface area contributed by atoms with Crippen molar-refractivity contribution in [1.82, 2.24) is 0 Å². The first-order valence-electron chi connectivity index (χ1n) is 7.72. The highest BCUT2D eigenvalue weighted by Crippen LogP contribution is 2.37. The molecule has 0 aliphatic rings. The van der Waals surface area contributed by atoms with E-state index >= 15 is 0 Å². The molecule has 0 atom stereocenters. The van der Waals surface area contributed by atoms with Crippen LogP contribution in [-0.4, -0.2) is 19.6 Å². The van der Waals surface area contributed by atoms with Crippen molar-refractivity contribution in [2.75, 3.05) is 19.0 Å². The number of terminal acetylenes is 1. The molecule has 0 aromatic heterocycles. The van der Waals surface area contributed by atoms with Crippen molar-refractivity contribution < 1.29 is 14.3 Å². The lowest BCUT2D eigenvalue weighted by molar-refractivity contribution is -0.112. The van der Waals surface area contributed by atoms with Gasteiger partial charge in [-0.1, -0.05) is 35.2 Å². The van der Waals surface area contributed by atoms with Crippen LogP contribution in [0.4, 0.5) is 5.69 Å². The van der Waals surface area contributed by atoms with Gasteiger partial charge in [0.1, 0.15) is 18.2 Å². The van der Waals surface area contributed by atoms with Crippen LogP contribution in [0.3, 0.4) is 0 Å². The number of carbonyl (C=O) groups excluding carboxylic acids is 1. The number of nitrogens with zero attached hydrogens (tertiary/aromatic N) is 1. The Kier molecular flexibility index (Phi) is 7.78. The number of amides is 1. The molecule has 0 fully saturated rings. The zero-order chi connectivity index (χ0) is 20.7. The number of anilines is 1. The number of halogens is 3. The molecule has 28 heavy (non-hydrogen) atoms. The minimum Gasteiger partial charge on any atom is -0.493 e. The summed E-state index contributed by atoms with van der Waals surface area (Å²) < 4.78 is 11.3. The van der Waals surface area contributed by atoms with Crippen LogP contribution < -0.4 is 14.8 Å². The molecular weight excluding hydrogens is 467 g/mol. The normalized spacial score (nSPS) is 10.6. The Morgan fingerprint density at radius 1 is 1.39 bits per heavy atom. The SMILES string of the molecule is C#CCOc1c(Br)cc(/C=C(/C#N)C(=O)Nc2cccc(Cl)c2Cl)cc1OC. The highest BCUT2D eigenvalue weighted by atomic mass is 79.9. The summed E-state index contributed by atoms with van der Waals surface area (Å²) in [6, 6.07) is 9.97. The first-order valence-corrected chi connectivity index (χ1v) is 9.27. The minimum atomic E-state index is -0.630. The van der Waals surface area contributed by atoms with Gasteiger partial charge in [0.15, 0.2) is 11.5 Å². The fourth-order valence-electron chi connectivity index (χ4n) is 2.18. The van der Waals surface area contributed by atoms with Crippen molar-refractivity contribution in [3.05, 3.63) is 56.0 Å². The van der Waals surface area contributed by atoms with Crippen LogP contribution in [0.5, 0.6) is 11.5 Å². The molecular formula is C20H13BrCl2N2O3. The van der Waals surface area contributed by atoms with Gasteiger partial charge >= 0.3 is 0 Å². The summed E-state index contributed by atoms with van der Waals surface area (Å²) >= 11 is 15.4. The summed E-state index contributed by atoms with van der Waals surface area (Å²) in [5, 5.41) is 12.4. The predicted octanol–water partition coefficient (Wildman–Crippen LogP) is 5.32. The molecule has 0 saturated heterocycles. The topological polar surface area (TPSA) is 71.3 Å². The van der Waals surface area contributed by atoms with Gasteiger partial charge in [-0.3, -0.25) is 4.79 Å². The zero-order valence-corrected chi connectivity index (χ0v) is 17.7. The van der Waals surface area contributed by atoms with Gasteiger partial charge in [0.25, 0.3) is 5.91 Å². The van der Waals surface area contributed by atoms with Gasteiger partial charge in [-0.15, -0.1) is 6.42 Å². The summed E-state index contributed by atoms with van der Waals surface area (Å²) in [5.41, 5.74) is 0.708. The average Bonchev–Trinajstić information content (AvgIpc) is 2.68. The number of hydrogen-bond donors (Lipinski definition) is 1. The van der Waals surface area contributed by atoms with Crippen LogP contribution >= 0.6 is 39.1 Å². The third-order valence-corrected chi connectivity index (χ3v) is 4.84. The first-order chi connectivity index (χ1) is 13.4. The van der Waals surface area contributed by atoms with E-state index in [0.29, 0.717) is 27.2 Å². The van der Waals surface area contributed by atoms with Crippen molar-refractivity contribution in [1.29, 1.82) is 5.26 Å². The molecule has 0 spiro atoms. The van der Waals surface area contributed by atoms with Crippen LogP contribution in [-0.2, 0) is 4.79 Å². The monoisotopic (exact) mass is 478 g/mol. The second kappa shape index (κ2) is 10.1. The van der Waals surface area contributed by atoms with Gasteiger partial charge in [-0.05, 0) is 51.8 Å². The number of rotatable bonds is 6. The van der Waals surface area contributed by atoms with Crippen LogP contribution in [0.15, 0.2) is 40.4 Å². The van der Waals surface area contributed by atoms with E-state index in [-0.39, 0.29) is 22.2 Å². The Balaban J connectivity index is 2.34. The molecule has 1 amide bonds. The predicted molar refractivity (Wildman–Crippen MR) is 114 cm³/mol. The molecule has 0 unspecified atom stereocenters. The number of nitrogens with one attached hydrogen (secondary N) is 1. The maximum atomic E-state index is 12.5. The van der Waals surface area contributed by atoms with Crippen molar-refractivity contribution in [3.8, 4) is 29.9 Å². The van der Waals surface area contributed by atoms with E-state index in [4.69, 9.17) is 39.1 Å². The lowest BCUT2D eigenvalue weighted by Crippen LogP contribution is -2.13. The molecule has 142 valence electrons. The molecule has 2 rings (SSSR count). The van der Waals surface area contributed by atoms with E-state index in [0.717, 1.165) is 0 Å².